The van der Waals surface area contributed by atoms with Gasteiger partial charge in [-0.25, -0.2) is 0 Å². The summed E-state index contributed by atoms with van der Waals surface area (Å²) in [6, 6.07) is 7.39. The molecule has 5 nitrogen and oxygen atoms in total. The number of nitrogens with zero attached hydrogens (tertiary/aromatic N) is 2. The molecule has 0 N–H and O–H groups in total. The number of fused-ring (bicyclic) bond motifs is 1. The zero-order valence-corrected chi connectivity index (χ0v) is 13.0. The second-order valence-electron chi connectivity index (χ2n) is 5.95. The summed E-state index contributed by atoms with van der Waals surface area (Å²) in [5.74, 6) is 0.541. The van der Waals surface area contributed by atoms with Crippen LogP contribution in [0.4, 0.5) is 5.69 Å². The predicted molar refractivity (Wildman–Crippen MR) is 83.9 cm³/mol. The summed E-state index contributed by atoms with van der Waals surface area (Å²) in [7, 11) is 0. The van der Waals surface area contributed by atoms with Crippen LogP contribution in [0.15, 0.2) is 24.3 Å². The van der Waals surface area contributed by atoms with Gasteiger partial charge in [-0.05, 0) is 31.9 Å². The third-order valence-electron chi connectivity index (χ3n) is 4.33. The lowest BCUT2D eigenvalue weighted by molar-refractivity contribution is -0.133. The highest BCUT2D eigenvalue weighted by atomic mass is 16.5. The maximum Gasteiger partial charge on any atom is 0.268 e. The molecule has 0 bridgehead atoms. The van der Waals surface area contributed by atoms with E-state index in [0.717, 1.165) is 25.9 Å². The van der Waals surface area contributed by atoms with Crippen molar-refractivity contribution in [2.24, 2.45) is 0 Å². The molecule has 3 rings (SSSR count). The van der Waals surface area contributed by atoms with Gasteiger partial charge in [-0.1, -0.05) is 25.0 Å². The van der Waals surface area contributed by atoms with Gasteiger partial charge in [-0.3, -0.25) is 14.5 Å². The van der Waals surface area contributed by atoms with Crippen LogP contribution in [0.5, 0.6) is 5.75 Å². The van der Waals surface area contributed by atoms with Gasteiger partial charge in [0.15, 0.2) is 6.10 Å². The quantitative estimate of drug-likeness (QED) is 0.841. The molecule has 22 heavy (non-hydrogen) atoms. The van der Waals surface area contributed by atoms with Gasteiger partial charge >= 0.3 is 0 Å². The summed E-state index contributed by atoms with van der Waals surface area (Å²) in [5.41, 5.74) is 0.689. The zero-order valence-electron chi connectivity index (χ0n) is 13.0. The number of anilines is 1. The van der Waals surface area contributed by atoms with Gasteiger partial charge in [0.25, 0.3) is 5.91 Å². The average Bonchev–Trinajstić information content (AvgIpc) is 2.81. The van der Waals surface area contributed by atoms with Crippen molar-refractivity contribution in [2.75, 3.05) is 24.5 Å². The minimum Gasteiger partial charge on any atom is -0.479 e. The maximum atomic E-state index is 12.6. The fourth-order valence-corrected chi connectivity index (χ4v) is 3.08. The Hall–Kier alpha value is -2.04. The van der Waals surface area contributed by atoms with Gasteiger partial charge in [-0.15, -0.1) is 0 Å². The Morgan fingerprint density at radius 1 is 1.18 bits per heavy atom. The van der Waals surface area contributed by atoms with Gasteiger partial charge in [0.2, 0.25) is 5.91 Å². The van der Waals surface area contributed by atoms with Crippen LogP contribution in [0.25, 0.3) is 0 Å². The third-order valence-corrected chi connectivity index (χ3v) is 4.33. The van der Waals surface area contributed by atoms with Crippen LogP contribution in [-0.2, 0) is 9.59 Å². The first-order chi connectivity index (χ1) is 10.7. The van der Waals surface area contributed by atoms with Crippen LogP contribution in [0, 0.1) is 0 Å². The predicted octanol–water partition coefficient (Wildman–Crippen LogP) is 2.20. The van der Waals surface area contributed by atoms with E-state index in [-0.39, 0.29) is 18.4 Å². The summed E-state index contributed by atoms with van der Waals surface area (Å²) < 4.78 is 5.61. The molecule has 2 heterocycles. The molecule has 5 heteroatoms. The lowest BCUT2D eigenvalue weighted by Gasteiger charge is -2.33. The van der Waals surface area contributed by atoms with Crippen molar-refractivity contribution in [1.29, 1.82) is 0 Å². The van der Waals surface area contributed by atoms with Gasteiger partial charge in [-0.2, -0.15) is 0 Å². The number of likely N-dealkylation sites (tertiary alicyclic amines) is 1. The van der Waals surface area contributed by atoms with E-state index in [1.165, 1.54) is 12.8 Å². The number of hydrogen-bond donors (Lipinski definition) is 0. The van der Waals surface area contributed by atoms with Crippen molar-refractivity contribution in [3.05, 3.63) is 24.3 Å². The molecule has 1 aromatic carbocycles. The molecule has 0 spiro atoms. The summed E-state index contributed by atoms with van der Waals surface area (Å²) in [6.45, 7) is 3.42. The Labute approximate surface area is 130 Å². The molecule has 2 aliphatic heterocycles. The molecule has 1 saturated heterocycles. The number of amides is 2. The Morgan fingerprint density at radius 3 is 2.59 bits per heavy atom. The maximum absolute atomic E-state index is 12.6. The monoisotopic (exact) mass is 302 g/mol. The first-order valence-electron chi connectivity index (χ1n) is 8.01. The van der Waals surface area contributed by atoms with Crippen LogP contribution in [0.1, 0.15) is 32.6 Å². The second-order valence-corrected chi connectivity index (χ2v) is 5.95. The lowest BCUT2D eigenvalue weighted by atomic mass is 10.2. The van der Waals surface area contributed by atoms with Crippen molar-refractivity contribution >= 4 is 17.5 Å². The van der Waals surface area contributed by atoms with E-state index in [2.05, 4.69) is 0 Å². The number of carbonyl (C=O) groups is 2. The zero-order chi connectivity index (χ0) is 15.5. The summed E-state index contributed by atoms with van der Waals surface area (Å²) in [6.07, 6.45) is 3.91. The van der Waals surface area contributed by atoms with Crippen molar-refractivity contribution in [1.82, 2.24) is 4.90 Å². The molecule has 1 atom stereocenters. The largest absolute Gasteiger partial charge is 0.479 e. The van der Waals surface area contributed by atoms with Crippen molar-refractivity contribution < 1.29 is 14.3 Å². The molecule has 1 aromatic rings. The van der Waals surface area contributed by atoms with Crippen molar-refractivity contribution in [3.8, 4) is 5.75 Å². The molecular weight excluding hydrogens is 280 g/mol. The number of hydrogen-bond acceptors (Lipinski definition) is 3. The average molecular weight is 302 g/mol. The fraction of sp³-hybridized carbons (Fsp3) is 0.529. The molecule has 0 unspecified atom stereocenters. The second kappa shape index (κ2) is 6.38. The molecule has 2 amide bonds. The number of para-hydroxylation sites is 2. The first kappa shape index (κ1) is 14.9. The van der Waals surface area contributed by atoms with E-state index < -0.39 is 6.10 Å². The van der Waals surface area contributed by atoms with Crippen LogP contribution < -0.4 is 9.64 Å². The highest BCUT2D eigenvalue weighted by Crippen LogP contribution is 2.33. The van der Waals surface area contributed by atoms with E-state index in [1.54, 1.807) is 11.8 Å². The Morgan fingerprint density at radius 2 is 1.86 bits per heavy atom. The molecular formula is C17H22N2O3. The van der Waals surface area contributed by atoms with Gasteiger partial charge in [0, 0.05) is 13.1 Å². The lowest BCUT2D eigenvalue weighted by Crippen LogP contribution is -2.49. The molecule has 2 aliphatic rings. The van der Waals surface area contributed by atoms with Crippen molar-refractivity contribution in [3.63, 3.8) is 0 Å². The van der Waals surface area contributed by atoms with Crippen LogP contribution in [0.2, 0.25) is 0 Å². The third kappa shape index (κ3) is 2.93. The van der Waals surface area contributed by atoms with E-state index in [0.29, 0.717) is 11.4 Å². The topological polar surface area (TPSA) is 49.9 Å². The molecule has 118 valence electrons. The normalized spacial score (nSPS) is 21.9. The number of carbonyl (C=O) groups excluding carboxylic acids is 2. The molecule has 0 aliphatic carbocycles. The Kier molecular flexibility index (Phi) is 4.32. The minimum absolute atomic E-state index is 0.0270. The Bertz CT molecular complexity index is 565. The van der Waals surface area contributed by atoms with Gasteiger partial charge in [0.05, 0.1) is 5.69 Å². The highest BCUT2D eigenvalue weighted by Gasteiger charge is 2.33. The van der Waals surface area contributed by atoms with E-state index >= 15 is 0 Å². The van der Waals surface area contributed by atoms with Crippen LogP contribution >= 0.6 is 0 Å². The van der Waals surface area contributed by atoms with E-state index in [1.807, 2.05) is 29.2 Å². The van der Waals surface area contributed by atoms with E-state index in [4.69, 9.17) is 4.74 Å². The number of benzene rings is 1. The standard InChI is InChI=1S/C17H22N2O3/c1-13-17(21)19(14-8-4-5-9-15(14)22-13)12-16(20)18-10-6-2-3-7-11-18/h4-5,8-9,13H,2-3,6-7,10-12H2,1H3/t13-/m1/s1. The first-order valence-corrected chi connectivity index (χ1v) is 8.01. The number of rotatable bonds is 2. The summed E-state index contributed by atoms with van der Waals surface area (Å²) in [5, 5.41) is 0. The van der Waals surface area contributed by atoms with Gasteiger partial charge in [0.1, 0.15) is 12.3 Å². The SMILES string of the molecule is C[C@H]1Oc2ccccc2N(CC(=O)N2CCCCCC2)C1=O. The highest BCUT2D eigenvalue weighted by molar-refractivity contribution is 6.03. The summed E-state index contributed by atoms with van der Waals surface area (Å²) in [4.78, 5) is 28.4. The number of ether oxygens (including phenoxy) is 1. The molecule has 0 saturated carbocycles. The molecule has 1 fully saturated rings. The van der Waals surface area contributed by atoms with E-state index in [9.17, 15) is 9.59 Å². The van der Waals surface area contributed by atoms with Crippen LogP contribution in [0.3, 0.4) is 0 Å². The smallest absolute Gasteiger partial charge is 0.268 e. The summed E-state index contributed by atoms with van der Waals surface area (Å²) >= 11 is 0. The molecule has 0 aromatic heterocycles. The minimum atomic E-state index is -0.549. The molecule has 0 radical (unpaired) electrons. The fourth-order valence-electron chi connectivity index (χ4n) is 3.08. The van der Waals surface area contributed by atoms with Crippen molar-refractivity contribution in [2.45, 2.75) is 38.7 Å². The van der Waals surface area contributed by atoms with Crippen LogP contribution in [-0.4, -0.2) is 42.5 Å². The van der Waals surface area contributed by atoms with Gasteiger partial charge < -0.3 is 9.64 Å². The Balaban J connectivity index is 1.78.